The Labute approximate surface area is 136 Å². The minimum absolute atomic E-state index is 0.00158. The van der Waals surface area contributed by atoms with Crippen molar-refractivity contribution in [2.24, 2.45) is 5.16 Å². The lowest BCUT2D eigenvalue weighted by atomic mass is 10.3. The first-order valence-electron chi connectivity index (χ1n) is 6.41. The average molecular weight is 365 g/mol. The van der Waals surface area contributed by atoms with Gasteiger partial charge in [0.25, 0.3) is 0 Å². The lowest BCUT2D eigenvalue weighted by Crippen LogP contribution is -2.20. The van der Waals surface area contributed by atoms with Gasteiger partial charge in [-0.1, -0.05) is 5.16 Å². The summed E-state index contributed by atoms with van der Waals surface area (Å²) in [7, 11) is -4.12. The zero-order valence-corrected chi connectivity index (χ0v) is 14.4. The molecule has 0 aliphatic rings. The van der Waals surface area contributed by atoms with E-state index in [1.165, 1.54) is 5.38 Å². The topological polar surface area (TPSA) is 139 Å². The van der Waals surface area contributed by atoms with Gasteiger partial charge in [0.1, 0.15) is 5.69 Å². The summed E-state index contributed by atoms with van der Waals surface area (Å²) >= 11 is 1.03. The van der Waals surface area contributed by atoms with E-state index in [-0.39, 0.29) is 24.0 Å². The van der Waals surface area contributed by atoms with E-state index in [9.17, 15) is 14.2 Å². The van der Waals surface area contributed by atoms with Crippen LogP contribution in [0.15, 0.2) is 10.5 Å². The number of nitrogens with zero attached hydrogens (tertiary/aromatic N) is 2. The molecule has 2 N–H and O–H groups in total. The largest absolute Gasteiger partial charge is 0.532 e. The zero-order chi connectivity index (χ0) is 17.5. The Morgan fingerprint density at radius 2 is 1.96 bits per heavy atom. The summed E-state index contributed by atoms with van der Waals surface area (Å²) in [5.41, 5.74) is 4.99. The molecule has 0 unspecified atom stereocenters. The molecule has 0 atom stereocenters. The number of carbonyl (C=O) groups excluding carboxylic acids is 2. The van der Waals surface area contributed by atoms with Gasteiger partial charge in [-0.15, -0.1) is 11.3 Å². The first-order valence-corrected chi connectivity index (χ1v) is 8.75. The third kappa shape index (κ3) is 6.06. The van der Waals surface area contributed by atoms with Gasteiger partial charge in [-0.25, -0.2) is 19.1 Å². The van der Waals surface area contributed by atoms with Gasteiger partial charge in [0.2, 0.25) is 5.71 Å². The molecule has 0 radical (unpaired) electrons. The average Bonchev–Trinajstić information content (AvgIpc) is 2.85. The molecule has 128 valence electrons. The quantitative estimate of drug-likeness (QED) is 0.315. The second kappa shape index (κ2) is 8.73. The molecule has 0 spiro atoms. The highest BCUT2D eigenvalue weighted by atomic mass is 32.1. The maximum Gasteiger partial charge on any atom is 0.532 e. The van der Waals surface area contributed by atoms with Crippen molar-refractivity contribution >= 4 is 41.9 Å². The van der Waals surface area contributed by atoms with Crippen molar-refractivity contribution in [1.29, 1.82) is 0 Å². The highest BCUT2D eigenvalue weighted by Gasteiger charge is 2.34. The minimum atomic E-state index is -4.12. The molecular formula is C11H16N3O7PS. The maximum atomic E-state index is 12.2. The normalized spacial score (nSPS) is 12.0. The van der Waals surface area contributed by atoms with Gasteiger partial charge < -0.3 is 15.1 Å². The molecule has 0 aliphatic heterocycles. The van der Waals surface area contributed by atoms with Crippen LogP contribution in [0.1, 0.15) is 26.5 Å². The number of phosphoric acid groups is 1. The van der Waals surface area contributed by atoms with Gasteiger partial charge in [0.15, 0.2) is 5.13 Å². The molecule has 0 amide bonds. The number of hydrogen-bond acceptors (Lipinski definition) is 11. The Balaban J connectivity index is 3.06. The third-order valence-electron chi connectivity index (χ3n) is 1.99. The van der Waals surface area contributed by atoms with Crippen LogP contribution in [0.5, 0.6) is 0 Å². The monoisotopic (exact) mass is 365 g/mol. The number of phosphoric ester groups is 1. The zero-order valence-electron chi connectivity index (χ0n) is 12.7. The van der Waals surface area contributed by atoms with E-state index in [0.29, 0.717) is 0 Å². The Kier molecular flexibility index (Phi) is 7.30. The van der Waals surface area contributed by atoms with Crippen molar-refractivity contribution in [2.45, 2.75) is 20.8 Å². The van der Waals surface area contributed by atoms with Gasteiger partial charge in [0.05, 0.1) is 13.2 Å². The predicted molar refractivity (Wildman–Crippen MR) is 81.8 cm³/mol. The summed E-state index contributed by atoms with van der Waals surface area (Å²) in [5, 5.41) is 4.91. The molecule has 12 heteroatoms. The van der Waals surface area contributed by atoms with E-state index < -0.39 is 25.5 Å². The van der Waals surface area contributed by atoms with Crippen LogP contribution in [0.3, 0.4) is 0 Å². The molecule has 1 aromatic heterocycles. The van der Waals surface area contributed by atoms with Crippen LogP contribution in [0, 0.1) is 0 Å². The number of rotatable bonds is 8. The number of anilines is 1. The van der Waals surface area contributed by atoms with Gasteiger partial charge >= 0.3 is 19.8 Å². The Bertz CT molecular complexity index is 635. The highest BCUT2D eigenvalue weighted by molar-refractivity contribution is 7.49. The van der Waals surface area contributed by atoms with Crippen LogP contribution < -0.4 is 5.73 Å². The van der Waals surface area contributed by atoms with Gasteiger partial charge in [-0.3, -0.25) is 9.05 Å². The maximum absolute atomic E-state index is 12.2. The van der Waals surface area contributed by atoms with Crippen LogP contribution in [-0.2, 0) is 32.6 Å². The van der Waals surface area contributed by atoms with Crippen LogP contribution >= 0.6 is 19.2 Å². The van der Waals surface area contributed by atoms with E-state index in [1.807, 2.05) is 0 Å². The van der Waals surface area contributed by atoms with Crippen LogP contribution in [0.4, 0.5) is 5.13 Å². The Hall–Kier alpha value is -1.81. The van der Waals surface area contributed by atoms with Crippen molar-refractivity contribution < 1.29 is 32.6 Å². The lowest BCUT2D eigenvalue weighted by molar-refractivity contribution is -0.141. The minimum Gasteiger partial charge on any atom is -0.375 e. The van der Waals surface area contributed by atoms with Crippen molar-refractivity contribution in [2.75, 3.05) is 18.9 Å². The molecule has 0 saturated heterocycles. The van der Waals surface area contributed by atoms with Crippen LogP contribution in [0.25, 0.3) is 0 Å². The van der Waals surface area contributed by atoms with Crippen LogP contribution in [0.2, 0.25) is 0 Å². The molecule has 0 aliphatic carbocycles. The van der Waals surface area contributed by atoms with E-state index in [2.05, 4.69) is 15.0 Å². The second-order valence-corrected chi connectivity index (χ2v) is 6.24. The SMILES string of the molecule is CCOP(=O)(OCC)OC(=O)/C(=N/OC(C)=O)c1csc(N)n1. The fourth-order valence-corrected chi connectivity index (χ4v) is 2.90. The number of nitrogen functional groups attached to an aromatic ring is 1. The molecule has 0 bridgehead atoms. The first-order chi connectivity index (χ1) is 10.8. The van der Waals surface area contributed by atoms with Crippen molar-refractivity contribution in [3.8, 4) is 0 Å². The highest BCUT2D eigenvalue weighted by Crippen LogP contribution is 2.49. The summed E-state index contributed by atoms with van der Waals surface area (Å²) < 4.78 is 26.6. The summed E-state index contributed by atoms with van der Waals surface area (Å²) in [6.07, 6.45) is 0. The third-order valence-corrected chi connectivity index (χ3v) is 4.20. The molecule has 23 heavy (non-hydrogen) atoms. The number of hydrogen-bond donors (Lipinski definition) is 1. The van der Waals surface area contributed by atoms with Gasteiger partial charge in [0, 0.05) is 12.3 Å². The molecule has 10 nitrogen and oxygen atoms in total. The molecule has 0 saturated carbocycles. The molecular weight excluding hydrogens is 349 g/mol. The van der Waals surface area contributed by atoms with Crippen molar-refractivity contribution in [3.05, 3.63) is 11.1 Å². The fourth-order valence-electron chi connectivity index (χ4n) is 1.25. The summed E-state index contributed by atoms with van der Waals surface area (Å²) in [4.78, 5) is 31.3. The number of thiazole rings is 1. The first kappa shape index (κ1) is 19.2. The van der Waals surface area contributed by atoms with Gasteiger partial charge in [-0.2, -0.15) is 0 Å². The predicted octanol–water partition coefficient (Wildman–Crippen LogP) is 1.72. The summed E-state index contributed by atoms with van der Waals surface area (Å²) in [6, 6.07) is 0. The van der Waals surface area contributed by atoms with E-state index in [1.54, 1.807) is 13.8 Å². The molecule has 0 aromatic carbocycles. The number of aromatic nitrogens is 1. The number of oxime groups is 1. The Morgan fingerprint density at radius 3 is 2.39 bits per heavy atom. The van der Waals surface area contributed by atoms with Crippen molar-refractivity contribution in [3.63, 3.8) is 0 Å². The fraction of sp³-hybridized carbons (Fsp3) is 0.455. The summed E-state index contributed by atoms with van der Waals surface area (Å²) in [6.45, 7) is 4.17. The number of nitrogens with two attached hydrogens (primary N) is 1. The van der Waals surface area contributed by atoms with E-state index in [0.717, 1.165) is 18.3 Å². The Morgan fingerprint density at radius 1 is 1.35 bits per heavy atom. The molecule has 1 heterocycles. The lowest BCUT2D eigenvalue weighted by Gasteiger charge is -2.15. The van der Waals surface area contributed by atoms with Gasteiger partial charge in [-0.05, 0) is 13.8 Å². The molecule has 1 rings (SSSR count). The standard InChI is InChI=1S/C11H16N3O7PS/c1-4-18-22(17,19-5-2)21-10(16)9(14-20-7(3)15)8-6-23-11(12)13-8/h6H,4-5H2,1-3H3,(H2,12,13)/b14-9+. The van der Waals surface area contributed by atoms with E-state index in [4.69, 9.17) is 19.3 Å². The van der Waals surface area contributed by atoms with Crippen LogP contribution in [-0.4, -0.2) is 35.8 Å². The molecule has 1 aromatic rings. The number of carbonyl (C=O) groups is 2. The summed E-state index contributed by atoms with van der Waals surface area (Å²) in [5.74, 6) is -1.96. The van der Waals surface area contributed by atoms with Crippen molar-refractivity contribution in [1.82, 2.24) is 4.98 Å². The molecule has 0 fully saturated rings. The second-order valence-electron chi connectivity index (χ2n) is 3.76. The van der Waals surface area contributed by atoms with E-state index >= 15 is 0 Å². The smallest absolute Gasteiger partial charge is 0.375 e.